The normalized spacial score (nSPS) is 28.6. The van der Waals surface area contributed by atoms with Crippen molar-refractivity contribution in [2.24, 2.45) is 0 Å². The Balaban J connectivity index is 2.50. The van der Waals surface area contributed by atoms with Crippen molar-refractivity contribution in [2.75, 3.05) is 7.11 Å². The van der Waals surface area contributed by atoms with Crippen LogP contribution >= 0.6 is 0 Å². The third-order valence-electron chi connectivity index (χ3n) is 2.96. The van der Waals surface area contributed by atoms with Crippen LogP contribution in [0.1, 0.15) is 11.8 Å². The van der Waals surface area contributed by atoms with E-state index in [2.05, 4.69) is 4.98 Å². The summed E-state index contributed by atoms with van der Waals surface area (Å²) >= 11 is 0. The second kappa shape index (κ2) is 4.90. The number of nitrogens with one attached hydrogen (secondary N) is 1. The lowest BCUT2D eigenvalue weighted by molar-refractivity contribution is -0.0432. The van der Waals surface area contributed by atoms with Crippen LogP contribution in [0.15, 0.2) is 27.8 Å². The van der Waals surface area contributed by atoms with E-state index in [0.717, 1.165) is 4.57 Å². The van der Waals surface area contributed by atoms with Gasteiger partial charge in [0.1, 0.15) is 18.5 Å². The fourth-order valence-corrected chi connectivity index (χ4v) is 1.94. The molecule has 1 fully saturated rings. The van der Waals surface area contributed by atoms with E-state index in [-0.39, 0.29) is 5.76 Å². The van der Waals surface area contributed by atoms with Gasteiger partial charge in [0.25, 0.3) is 5.56 Å². The van der Waals surface area contributed by atoms with Crippen LogP contribution in [-0.4, -0.2) is 39.1 Å². The zero-order valence-corrected chi connectivity index (χ0v) is 10.4. The molecule has 2 rings (SSSR count). The first-order valence-electron chi connectivity index (χ1n) is 5.53. The Morgan fingerprint density at radius 1 is 1.53 bits per heavy atom. The summed E-state index contributed by atoms with van der Waals surface area (Å²) in [7, 11) is 1.34. The lowest BCUT2D eigenvalue weighted by Crippen LogP contribution is -2.38. The molecule has 0 bridgehead atoms. The molecule has 0 spiro atoms. The van der Waals surface area contributed by atoms with Gasteiger partial charge < -0.3 is 19.7 Å². The SMILES string of the molecule is CO[C@@H]1[C@H](O)C(=CO)O[C@H]1n1cc(C)c(=O)[nH]c1=O. The standard InChI is InChI=1S/C11H14N2O6/c1-5-3-13(11(17)12-9(5)16)10-8(18-2)7(15)6(4-14)19-10/h3-4,7-8,10,14-15H,1-2H3,(H,12,16,17)/t7-,8-,10-/m1/s1. The van der Waals surface area contributed by atoms with Gasteiger partial charge in [-0.25, -0.2) is 4.79 Å². The van der Waals surface area contributed by atoms with E-state index >= 15 is 0 Å². The Labute approximate surface area is 107 Å². The van der Waals surface area contributed by atoms with Crippen molar-refractivity contribution in [3.05, 3.63) is 44.6 Å². The number of H-pyrrole nitrogens is 1. The Hall–Kier alpha value is -2.06. The predicted octanol–water partition coefficient (Wildman–Crippen LogP) is -0.851. The number of aliphatic hydroxyl groups is 2. The van der Waals surface area contributed by atoms with Crippen molar-refractivity contribution in [1.82, 2.24) is 9.55 Å². The fraction of sp³-hybridized carbons (Fsp3) is 0.455. The van der Waals surface area contributed by atoms with Gasteiger partial charge in [-0.05, 0) is 6.92 Å². The molecule has 0 unspecified atom stereocenters. The number of ether oxygens (including phenoxy) is 2. The van der Waals surface area contributed by atoms with Gasteiger partial charge in [-0.2, -0.15) is 0 Å². The van der Waals surface area contributed by atoms with Crippen molar-refractivity contribution >= 4 is 0 Å². The van der Waals surface area contributed by atoms with E-state index in [1.807, 2.05) is 0 Å². The van der Waals surface area contributed by atoms with Crippen molar-refractivity contribution in [3.8, 4) is 0 Å². The van der Waals surface area contributed by atoms with Gasteiger partial charge in [-0.15, -0.1) is 0 Å². The number of aromatic nitrogens is 2. The Kier molecular flexibility index (Phi) is 3.45. The average Bonchev–Trinajstić information content (AvgIpc) is 2.70. The quantitative estimate of drug-likeness (QED) is 0.603. The molecule has 0 aliphatic carbocycles. The molecule has 2 heterocycles. The number of hydrogen-bond donors (Lipinski definition) is 3. The third-order valence-corrected chi connectivity index (χ3v) is 2.96. The van der Waals surface area contributed by atoms with E-state index in [9.17, 15) is 14.7 Å². The van der Waals surface area contributed by atoms with E-state index in [1.54, 1.807) is 0 Å². The molecule has 1 aliphatic heterocycles. The zero-order valence-electron chi connectivity index (χ0n) is 10.4. The molecule has 0 saturated carbocycles. The number of hydrogen-bond acceptors (Lipinski definition) is 6. The fourth-order valence-electron chi connectivity index (χ4n) is 1.94. The lowest BCUT2D eigenvalue weighted by Gasteiger charge is -2.19. The molecule has 1 aromatic heterocycles. The monoisotopic (exact) mass is 270 g/mol. The molecule has 0 radical (unpaired) electrons. The summed E-state index contributed by atoms with van der Waals surface area (Å²) in [6.07, 6.45) is -1.12. The number of aryl methyl sites for hydroxylation is 1. The summed E-state index contributed by atoms with van der Waals surface area (Å²) in [4.78, 5) is 25.2. The Morgan fingerprint density at radius 3 is 2.79 bits per heavy atom. The first-order chi connectivity index (χ1) is 8.99. The highest BCUT2D eigenvalue weighted by atomic mass is 16.6. The minimum atomic E-state index is -1.20. The van der Waals surface area contributed by atoms with Gasteiger partial charge in [-0.3, -0.25) is 14.3 Å². The molecule has 3 N–H and O–H groups in total. The molecule has 1 aromatic rings. The van der Waals surface area contributed by atoms with Crippen molar-refractivity contribution in [3.63, 3.8) is 0 Å². The molecule has 0 aromatic carbocycles. The van der Waals surface area contributed by atoms with Gasteiger partial charge in [0, 0.05) is 18.9 Å². The predicted molar refractivity (Wildman–Crippen MR) is 63.7 cm³/mol. The van der Waals surface area contributed by atoms with Crippen LogP contribution in [0.5, 0.6) is 0 Å². The molecule has 3 atom stereocenters. The molecule has 8 nitrogen and oxygen atoms in total. The first kappa shape index (κ1) is 13.4. The molecule has 1 aliphatic rings. The van der Waals surface area contributed by atoms with Crippen LogP contribution in [0.2, 0.25) is 0 Å². The largest absolute Gasteiger partial charge is 0.512 e. The van der Waals surface area contributed by atoms with Crippen LogP contribution in [0, 0.1) is 6.92 Å². The van der Waals surface area contributed by atoms with Crippen molar-refractivity contribution < 1.29 is 19.7 Å². The summed E-state index contributed by atoms with van der Waals surface area (Å²) < 4.78 is 11.4. The first-order valence-corrected chi connectivity index (χ1v) is 5.53. The van der Waals surface area contributed by atoms with E-state index in [0.29, 0.717) is 11.8 Å². The van der Waals surface area contributed by atoms with Gasteiger partial charge in [0.05, 0.1) is 0 Å². The summed E-state index contributed by atoms with van der Waals surface area (Å²) in [6, 6.07) is 0. The molecule has 19 heavy (non-hydrogen) atoms. The maximum atomic E-state index is 11.8. The summed E-state index contributed by atoms with van der Waals surface area (Å²) in [5.41, 5.74) is -0.866. The Morgan fingerprint density at radius 2 is 2.21 bits per heavy atom. The maximum absolute atomic E-state index is 11.8. The number of aromatic amines is 1. The van der Waals surface area contributed by atoms with E-state index in [1.165, 1.54) is 20.2 Å². The minimum absolute atomic E-state index is 0.104. The summed E-state index contributed by atoms with van der Waals surface area (Å²) in [6.45, 7) is 1.53. The number of methoxy groups -OCH3 is 1. The average molecular weight is 270 g/mol. The smallest absolute Gasteiger partial charge is 0.331 e. The second-order valence-electron chi connectivity index (χ2n) is 4.16. The van der Waals surface area contributed by atoms with Crippen LogP contribution in [-0.2, 0) is 9.47 Å². The van der Waals surface area contributed by atoms with Crippen molar-refractivity contribution in [2.45, 2.75) is 25.4 Å². The van der Waals surface area contributed by atoms with Crippen LogP contribution in [0.4, 0.5) is 0 Å². The molecular formula is C11H14N2O6. The second-order valence-corrected chi connectivity index (χ2v) is 4.16. The van der Waals surface area contributed by atoms with Crippen LogP contribution in [0.25, 0.3) is 0 Å². The zero-order chi connectivity index (χ0) is 14.2. The van der Waals surface area contributed by atoms with Gasteiger partial charge in [-0.1, -0.05) is 0 Å². The summed E-state index contributed by atoms with van der Waals surface area (Å²) in [5, 5.41) is 18.8. The molecule has 8 heteroatoms. The molecule has 0 amide bonds. The topological polar surface area (TPSA) is 114 Å². The molecule has 104 valence electrons. The minimum Gasteiger partial charge on any atom is -0.512 e. The number of nitrogens with zero attached hydrogens (tertiary/aromatic N) is 1. The van der Waals surface area contributed by atoms with Crippen molar-refractivity contribution in [1.29, 1.82) is 0 Å². The van der Waals surface area contributed by atoms with E-state index in [4.69, 9.17) is 14.6 Å². The summed E-state index contributed by atoms with van der Waals surface area (Å²) in [5.74, 6) is -0.104. The number of aliphatic hydroxyl groups excluding tert-OH is 2. The highest BCUT2D eigenvalue weighted by Crippen LogP contribution is 2.32. The van der Waals surface area contributed by atoms with E-state index < -0.39 is 29.7 Å². The Bertz CT molecular complexity index is 616. The van der Waals surface area contributed by atoms with Gasteiger partial charge in [0.15, 0.2) is 5.76 Å². The van der Waals surface area contributed by atoms with Crippen LogP contribution in [0.3, 0.4) is 0 Å². The number of rotatable bonds is 2. The highest BCUT2D eigenvalue weighted by Gasteiger charge is 2.43. The lowest BCUT2D eigenvalue weighted by atomic mass is 10.2. The van der Waals surface area contributed by atoms with Gasteiger partial charge >= 0.3 is 5.69 Å². The molecule has 1 saturated heterocycles. The molecular weight excluding hydrogens is 256 g/mol. The third kappa shape index (κ3) is 2.15. The maximum Gasteiger partial charge on any atom is 0.331 e. The van der Waals surface area contributed by atoms with Crippen LogP contribution < -0.4 is 11.2 Å². The van der Waals surface area contributed by atoms with Gasteiger partial charge in [0.2, 0.25) is 6.23 Å². The highest BCUT2D eigenvalue weighted by molar-refractivity contribution is 5.09.